The van der Waals surface area contributed by atoms with Gasteiger partial charge in [-0.15, -0.1) is 0 Å². The molecule has 0 saturated carbocycles. The Morgan fingerprint density at radius 3 is 2.68 bits per heavy atom. The Bertz CT molecular complexity index is 559. The molecule has 0 aromatic heterocycles. The van der Waals surface area contributed by atoms with Crippen LogP contribution in [0.1, 0.15) is 52.0 Å². The smallest absolute Gasteiger partial charge is 0.123 e. The van der Waals surface area contributed by atoms with Crippen LogP contribution in [0.5, 0.6) is 0 Å². The molecule has 22 heavy (non-hydrogen) atoms. The molecule has 1 aromatic rings. The van der Waals surface area contributed by atoms with E-state index >= 15 is 0 Å². The lowest BCUT2D eigenvalue weighted by molar-refractivity contribution is 0.302. The first-order valence-electron chi connectivity index (χ1n) is 8.31. The second kappa shape index (κ2) is 7.21. The van der Waals surface area contributed by atoms with Crippen molar-refractivity contribution in [3.63, 3.8) is 0 Å². The largest absolute Gasteiger partial charge is 0.243 e. The minimum Gasteiger partial charge on any atom is -0.243 e. The maximum Gasteiger partial charge on any atom is 0.123 e. The standard InChI is InChI=1S/C20H26F2/c1-4-8-15(5-2)20(3,16-9-6-11-18(21)13-16)17-10-7-12-19(22)14-17/h6-7,9-11,13-15,19H,4-5,8,12H2,1-3H3. The van der Waals surface area contributed by atoms with Gasteiger partial charge in [0.15, 0.2) is 0 Å². The molecule has 0 bridgehead atoms. The molecule has 0 heterocycles. The molecule has 0 amide bonds. The lowest BCUT2D eigenvalue weighted by atomic mass is 9.63. The lowest BCUT2D eigenvalue weighted by Gasteiger charge is -2.40. The summed E-state index contributed by atoms with van der Waals surface area (Å²) < 4.78 is 27.7. The second-order valence-corrected chi connectivity index (χ2v) is 6.38. The lowest BCUT2D eigenvalue weighted by Crippen LogP contribution is -2.35. The summed E-state index contributed by atoms with van der Waals surface area (Å²) in [6, 6.07) is 6.79. The molecule has 120 valence electrons. The third kappa shape index (κ3) is 3.31. The molecule has 0 radical (unpaired) electrons. The van der Waals surface area contributed by atoms with Gasteiger partial charge in [-0.25, -0.2) is 8.78 Å². The van der Waals surface area contributed by atoms with E-state index in [9.17, 15) is 8.78 Å². The van der Waals surface area contributed by atoms with Crippen LogP contribution >= 0.6 is 0 Å². The predicted octanol–water partition coefficient (Wildman–Crippen LogP) is 6.13. The molecule has 1 aliphatic rings. The van der Waals surface area contributed by atoms with E-state index < -0.39 is 6.17 Å². The van der Waals surface area contributed by atoms with Crippen molar-refractivity contribution in [1.29, 1.82) is 0 Å². The summed E-state index contributed by atoms with van der Waals surface area (Å²) in [5, 5.41) is 0. The summed E-state index contributed by atoms with van der Waals surface area (Å²) in [4.78, 5) is 0. The van der Waals surface area contributed by atoms with Gasteiger partial charge in [0.25, 0.3) is 0 Å². The minimum atomic E-state index is -0.938. The van der Waals surface area contributed by atoms with E-state index in [1.807, 2.05) is 18.2 Å². The zero-order chi connectivity index (χ0) is 16.2. The maximum atomic E-state index is 13.9. The number of allylic oxidation sites excluding steroid dienone is 4. The first-order chi connectivity index (χ1) is 10.5. The fourth-order valence-corrected chi connectivity index (χ4v) is 3.69. The zero-order valence-corrected chi connectivity index (χ0v) is 13.8. The van der Waals surface area contributed by atoms with E-state index in [0.29, 0.717) is 12.3 Å². The molecule has 0 nitrogen and oxygen atoms in total. The van der Waals surface area contributed by atoms with Crippen LogP contribution in [-0.4, -0.2) is 6.17 Å². The Balaban J connectivity index is 2.55. The van der Waals surface area contributed by atoms with Gasteiger partial charge < -0.3 is 0 Å². The number of benzene rings is 1. The van der Waals surface area contributed by atoms with Crippen LogP contribution in [0.2, 0.25) is 0 Å². The van der Waals surface area contributed by atoms with Crippen molar-refractivity contribution >= 4 is 0 Å². The van der Waals surface area contributed by atoms with Gasteiger partial charge in [-0.05, 0) is 41.7 Å². The Morgan fingerprint density at radius 1 is 1.32 bits per heavy atom. The van der Waals surface area contributed by atoms with E-state index in [-0.39, 0.29) is 11.2 Å². The summed E-state index contributed by atoms with van der Waals surface area (Å²) in [5.74, 6) is 0.132. The number of alkyl halides is 1. The molecule has 0 saturated heterocycles. The molecule has 0 N–H and O–H groups in total. The van der Waals surface area contributed by atoms with Crippen LogP contribution in [0.3, 0.4) is 0 Å². The first kappa shape index (κ1) is 16.9. The van der Waals surface area contributed by atoms with Crippen LogP contribution in [0.4, 0.5) is 8.78 Å². The molecular formula is C20H26F2. The normalized spacial score (nSPS) is 22.0. The van der Waals surface area contributed by atoms with Crippen molar-refractivity contribution < 1.29 is 8.78 Å². The predicted molar refractivity (Wildman–Crippen MR) is 89.2 cm³/mol. The van der Waals surface area contributed by atoms with Crippen LogP contribution < -0.4 is 0 Å². The van der Waals surface area contributed by atoms with E-state index in [1.165, 1.54) is 6.07 Å². The van der Waals surface area contributed by atoms with Crippen LogP contribution in [0.25, 0.3) is 0 Å². The Kier molecular flexibility index (Phi) is 5.55. The van der Waals surface area contributed by atoms with Gasteiger partial charge in [0.1, 0.15) is 12.0 Å². The van der Waals surface area contributed by atoms with Crippen molar-refractivity contribution in [2.75, 3.05) is 0 Å². The highest BCUT2D eigenvalue weighted by Gasteiger charge is 2.38. The third-order valence-electron chi connectivity index (χ3n) is 4.99. The average molecular weight is 304 g/mol. The molecule has 0 spiro atoms. The van der Waals surface area contributed by atoms with Gasteiger partial charge in [-0.3, -0.25) is 0 Å². The molecule has 1 aromatic carbocycles. The first-order valence-corrected chi connectivity index (χ1v) is 8.31. The number of hydrogen-bond donors (Lipinski definition) is 0. The van der Waals surface area contributed by atoms with Crippen molar-refractivity contribution in [3.8, 4) is 0 Å². The topological polar surface area (TPSA) is 0 Å². The highest BCUT2D eigenvalue weighted by molar-refractivity contribution is 5.44. The van der Waals surface area contributed by atoms with Crippen molar-refractivity contribution in [2.24, 2.45) is 5.92 Å². The van der Waals surface area contributed by atoms with Crippen LogP contribution in [0, 0.1) is 11.7 Å². The molecule has 3 atom stereocenters. The summed E-state index contributed by atoms with van der Waals surface area (Å²) in [5.41, 5.74) is 1.57. The average Bonchev–Trinajstić information content (AvgIpc) is 2.52. The fraction of sp³-hybridized carbons (Fsp3) is 0.500. The fourth-order valence-electron chi connectivity index (χ4n) is 3.69. The van der Waals surface area contributed by atoms with Gasteiger partial charge >= 0.3 is 0 Å². The number of halogens is 2. The Morgan fingerprint density at radius 2 is 2.09 bits per heavy atom. The molecule has 2 rings (SSSR count). The maximum absolute atomic E-state index is 13.9. The summed E-state index contributed by atoms with van der Waals surface area (Å²) in [7, 11) is 0. The molecule has 0 fully saturated rings. The van der Waals surface area contributed by atoms with Gasteiger partial charge in [-0.1, -0.05) is 57.9 Å². The third-order valence-corrected chi connectivity index (χ3v) is 4.99. The van der Waals surface area contributed by atoms with Crippen LogP contribution in [0.15, 0.2) is 48.1 Å². The van der Waals surface area contributed by atoms with E-state index in [1.54, 1.807) is 18.2 Å². The van der Waals surface area contributed by atoms with Gasteiger partial charge in [-0.2, -0.15) is 0 Å². The minimum absolute atomic E-state index is 0.229. The van der Waals surface area contributed by atoms with Crippen molar-refractivity contribution in [2.45, 2.75) is 58.0 Å². The van der Waals surface area contributed by atoms with E-state index in [2.05, 4.69) is 20.8 Å². The monoisotopic (exact) mass is 304 g/mol. The quantitative estimate of drug-likeness (QED) is 0.592. The zero-order valence-electron chi connectivity index (χ0n) is 13.8. The summed E-state index contributed by atoms with van der Waals surface area (Å²) in [6.07, 6.45) is 8.26. The van der Waals surface area contributed by atoms with Crippen LogP contribution in [-0.2, 0) is 5.41 Å². The second-order valence-electron chi connectivity index (χ2n) is 6.38. The van der Waals surface area contributed by atoms with Gasteiger partial charge in [0, 0.05) is 11.8 Å². The highest BCUT2D eigenvalue weighted by atomic mass is 19.1. The van der Waals surface area contributed by atoms with Crippen molar-refractivity contribution in [3.05, 3.63) is 59.4 Å². The van der Waals surface area contributed by atoms with Gasteiger partial charge in [0.2, 0.25) is 0 Å². The SMILES string of the molecule is CCCC(CC)C(C)(C1=CC(F)CC=C1)c1cccc(F)c1. The number of hydrogen-bond acceptors (Lipinski definition) is 0. The number of rotatable bonds is 6. The molecule has 1 aliphatic carbocycles. The highest BCUT2D eigenvalue weighted by Crippen LogP contribution is 2.45. The summed E-state index contributed by atoms with van der Waals surface area (Å²) in [6.45, 7) is 6.47. The molecule has 3 unspecified atom stereocenters. The molecule has 0 aliphatic heterocycles. The van der Waals surface area contributed by atoms with E-state index in [4.69, 9.17) is 0 Å². The molecule has 2 heteroatoms. The van der Waals surface area contributed by atoms with Crippen molar-refractivity contribution in [1.82, 2.24) is 0 Å². The van der Waals surface area contributed by atoms with Gasteiger partial charge in [0.05, 0.1) is 0 Å². The Hall–Kier alpha value is -1.44. The molecular weight excluding hydrogens is 278 g/mol. The summed E-state index contributed by atoms with van der Waals surface area (Å²) >= 11 is 0. The van der Waals surface area contributed by atoms with E-state index in [0.717, 1.165) is 30.4 Å². The Labute approximate surface area is 132 Å².